The molecule has 0 spiro atoms. The van der Waals surface area contributed by atoms with Gasteiger partial charge in [-0.15, -0.1) is 0 Å². The number of hydrogen-bond acceptors (Lipinski definition) is 3. The van der Waals surface area contributed by atoms with Crippen LogP contribution >= 0.6 is 0 Å². The molecule has 22 heavy (non-hydrogen) atoms. The second kappa shape index (κ2) is 6.65. The summed E-state index contributed by atoms with van der Waals surface area (Å²) in [6, 6.07) is 8.63. The number of aliphatic hydroxyl groups is 1. The summed E-state index contributed by atoms with van der Waals surface area (Å²) in [6.07, 6.45) is -3.69. The fourth-order valence-corrected chi connectivity index (χ4v) is 2.03. The maximum absolute atomic E-state index is 12.7. The van der Waals surface area contributed by atoms with Crippen molar-refractivity contribution in [2.24, 2.45) is 0 Å². The molecule has 0 radical (unpaired) electrons. The molecular weight excluding hydrogens is 297 g/mol. The van der Waals surface area contributed by atoms with Crippen LogP contribution in [-0.4, -0.2) is 22.8 Å². The van der Waals surface area contributed by atoms with E-state index in [9.17, 15) is 18.0 Å². The number of nitrogens with zero attached hydrogens (tertiary/aromatic N) is 1. The number of aliphatic hydroxyl groups excluding tert-OH is 1. The molecule has 0 aliphatic rings. The molecule has 118 valence electrons. The molecule has 1 heterocycles. The van der Waals surface area contributed by atoms with Crippen molar-refractivity contribution in [3.63, 3.8) is 0 Å². The van der Waals surface area contributed by atoms with Gasteiger partial charge in [-0.1, -0.05) is 18.2 Å². The first-order valence-corrected chi connectivity index (χ1v) is 6.62. The van der Waals surface area contributed by atoms with E-state index >= 15 is 0 Å². The Labute approximate surface area is 124 Å². The molecule has 0 fully saturated rings. The van der Waals surface area contributed by atoms with Gasteiger partial charge in [-0.2, -0.15) is 13.2 Å². The lowest BCUT2D eigenvalue weighted by Crippen LogP contribution is -2.22. The Bertz CT molecular complexity index is 696. The standard InChI is InChI=1S/C15H15F3N2O2/c16-15(17,18)12-5-6-14(22)20(10-12)9-11-3-1-2-4-13(11)19-7-8-21/h1-6,10,19,21H,7-9H2. The van der Waals surface area contributed by atoms with Crippen molar-refractivity contribution in [3.8, 4) is 0 Å². The van der Waals surface area contributed by atoms with Gasteiger partial charge in [-0.3, -0.25) is 4.79 Å². The quantitative estimate of drug-likeness (QED) is 0.891. The Morgan fingerprint density at radius 3 is 2.55 bits per heavy atom. The van der Waals surface area contributed by atoms with E-state index in [2.05, 4.69) is 5.32 Å². The highest BCUT2D eigenvalue weighted by atomic mass is 19.4. The molecule has 0 saturated heterocycles. The van der Waals surface area contributed by atoms with Gasteiger partial charge in [0.1, 0.15) is 0 Å². The molecule has 0 unspecified atom stereocenters. The van der Waals surface area contributed by atoms with Crippen molar-refractivity contribution >= 4 is 5.69 Å². The van der Waals surface area contributed by atoms with Crippen molar-refractivity contribution in [2.45, 2.75) is 12.7 Å². The van der Waals surface area contributed by atoms with Crippen LogP contribution in [0.1, 0.15) is 11.1 Å². The first kappa shape index (κ1) is 16.1. The number of nitrogens with one attached hydrogen (secondary N) is 1. The summed E-state index contributed by atoms with van der Waals surface area (Å²) in [5, 5.41) is 11.8. The Morgan fingerprint density at radius 1 is 1.14 bits per heavy atom. The van der Waals surface area contributed by atoms with Crippen LogP contribution < -0.4 is 10.9 Å². The lowest BCUT2D eigenvalue weighted by molar-refractivity contribution is -0.138. The van der Waals surface area contributed by atoms with E-state index < -0.39 is 17.3 Å². The summed E-state index contributed by atoms with van der Waals surface area (Å²) in [6.45, 7) is 0.254. The number of alkyl halides is 3. The summed E-state index contributed by atoms with van der Waals surface area (Å²) in [5.41, 5.74) is -0.0453. The molecule has 1 aromatic heterocycles. The molecule has 0 aliphatic heterocycles. The molecule has 0 saturated carbocycles. The average Bonchev–Trinajstić information content (AvgIpc) is 2.47. The fourth-order valence-electron chi connectivity index (χ4n) is 2.03. The lowest BCUT2D eigenvalue weighted by atomic mass is 10.1. The predicted octanol–water partition coefficient (Wildman–Crippen LogP) is 2.32. The number of hydrogen-bond donors (Lipinski definition) is 2. The molecule has 1 aromatic carbocycles. The van der Waals surface area contributed by atoms with E-state index in [-0.39, 0.29) is 13.2 Å². The van der Waals surface area contributed by atoms with E-state index in [1.165, 1.54) is 0 Å². The highest BCUT2D eigenvalue weighted by molar-refractivity contribution is 5.51. The van der Waals surface area contributed by atoms with Gasteiger partial charge < -0.3 is 15.0 Å². The highest BCUT2D eigenvalue weighted by Crippen LogP contribution is 2.28. The maximum Gasteiger partial charge on any atom is 0.417 e. The molecule has 2 rings (SSSR count). The number of benzene rings is 1. The largest absolute Gasteiger partial charge is 0.417 e. The number of pyridine rings is 1. The molecule has 0 aliphatic carbocycles. The van der Waals surface area contributed by atoms with Crippen molar-refractivity contribution < 1.29 is 18.3 Å². The van der Waals surface area contributed by atoms with E-state index in [0.717, 1.165) is 22.9 Å². The SMILES string of the molecule is O=c1ccc(C(F)(F)F)cn1Cc1ccccc1NCCO. The molecule has 0 bridgehead atoms. The number of aromatic nitrogens is 1. The zero-order valence-corrected chi connectivity index (χ0v) is 11.6. The second-order valence-electron chi connectivity index (χ2n) is 4.69. The van der Waals surface area contributed by atoms with E-state index in [0.29, 0.717) is 17.8 Å². The van der Waals surface area contributed by atoms with Crippen LogP contribution in [0.5, 0.6) is 0 Å². The Hall–Kier alpha value is -2.28. The second-order valence-corrected chi connectivity index (χ2v) is 4.69. The van der Waals surface area contributed by atoms with Gasteiger partial charge in [0.25, 0.3) is 5.56 Å². The fraction of sp³-hybridized carbons (Fsp3) is 0.267. The smallest absolute Gasteiger partial charge is 0.395 e. The minimum absolute atomic E-state index is 0.0113. The molecule has 2 N–H and O–H groups in total. The van der Waals surface area contributed by atoms with Gasteiger partial charge in [0, 0.05) is 24.5 Å². The molecule has 0 atom stereocenters. The Kier molecular flexibility index (Phi) is 4.87. The number of anilines is 1. The van der Waals surface area contributed by atoms with Crippen LogP contribution in [0.3, 0.4) is 0 Å². The van der Waals surface area contributed by atoms with Gasteiger partial charge in [-0.05, 0) is 17.7 Å². The Balaban J connectivity index is 2.33. The topological polar surface area (TPSA) is 54.3 Å². The summed E-state index contributed by atoms with van der Waals surface area (Å²) in [5.74, 6) is 0. The minimum atomic E-state index is -4.50. The minimum Gasteiger partial charge on any atom is -0.395 e. The normalized spacial score (nSPS) is 11.5. The average molecular weight is 312 g/mol. The van der Waals surface area contributed by atoms with Crippen molar-refractivity contribution in [1.82, 2.24) is 4.57 Å². The zero-order chi connectivity index (χ0) is 16.2. The van der Waals surface area contributed by atoms with Gasteiger partial charge >= 0.3 is 6.18 Å². The van der Waals surface area contributed by atoms with E-state index in [4.69, 9.17) is 5.11 Å². The zero-order valence-electron chi connectivity index (χ0n) is 11.6. The molecule has 4 nitrogen and oxygen atoms in total. The lowest BCUT2D eigenvalue weighted by Gasteiger charge is -2.14. The third-order valence-electron chi connectivity index (χ3n) is 3.10. The molecule has 7 heteroatoms. The van der Waals surface area contributed by atoms with Crippen molar-refractivity contribution in [1.29, 1.82) is 0 Å². The summed E-state index contributed by atoms with van der Waals surface area (Å²) < 4.78 is 39.2. The van der Waals surface area contributed by atoms with Gasteiger partial charge in [0.15, 0.2) is 0 Å². The summed E-state index contributed by atoms with van der Waals surface area (Å²) in [4.78, 5) is 11.8. The predicted molar refractivity (Wildman–Crippen MR) is 76.8 cm³/mol. The monoisotopic (exact) mass is 312 g/mol. The molecule has 2 aromatic rings. The van der Waals surface area contributed by atoms with Gasteiger partial charge in [0.2, 0.25) is 0 Å². The summed E-state index contributed by atoms with van der Waals surface area (Å²) in [7, 11) is 0. The van der Waals surface area contributed by atoms with E-state index in [1.54, 1.807) is 24.3 Å². The number of para-hydroxylation sites is 1. The van der Waals surface area contributed by atoms with Gasteiger partial charge in [0.05, 0.1) is 18.7 Å². The highest BCUT2D eigenvalue weighted by Gasteiger charge is 2.31. The summed E-state index contributed by atoms with van der Waals surface area (Å²) >= 11 is 0. The van der Waals surface area contributed by atoms with Crippen molar-refractivity contribution in [3.05, 3.63) is 64.1 Å². The first-order chi connectivity index (χ1) is 10.4. The third kappa shape index (κ3) is 3.88. The van der Waals surface area contributed by atoms with Crippen LogP contribution in [0.2, 0.25) is 0 Å². The van der Waals surface area contributed by atoms with Crippen molar-refractivity contribution in [2.75, 3.05) is 18.5 Å². The van der Waals surface area contributed by atoms with Gasteiger partial charge in [-0.25, -0.2) is 0 Å². The number of halogens is 3. The van der Waals surface area contributed by atoms with Crippen LogP contribution in [-0.2, 0) is 12.7 Å². The van der Waals surface area contributed by atoms with Crippen LogP contribution in [0.25, 0.3) is 0 Å². The molecule has 0 amide bonds. The van der Waals surface area contributed by atoms with Crippen LogP contribution in [0, 0.1) is 0 Å². The third-order valence-corrected chi connectivity index (χ3v) is 3.10. The van der Waals surface area contributed by atoms with Crippen LogP contribution in [0.15, 0.2) is 47.4 Å². The molecular formula is C15H15F3N2O2. The van der Waals surface area contributed by atoms with E-state index in [1.807, 2.05) is 0 Å². The first-order valence-electron chi connectivity index (χ1n) is 6.62. The maximum atomic E-state index is 12.7. The van der Waals surface area contributed by atoms with Crippen LogP contribution in [0.4, 0.5) is 18.9 Å². The Morgan fingerprint density at radius 2 is 1.86 bits per heavy atom. The number of rotatable bonds is 5.